The predicted molar refractivity (Wildman–Crippen MR) is 80.5 cm³/mol. The van der Waals surface area contributed by atoms with Crippen molar-refractivity contribution >= 4 is 28.4 Å². The van der Waals surface area contributed by atoms with Gasteiger partial charge in [0.2, 0.25) is 0 Å². The van der Waals surface area contributed by atoms with Gasteiger partial charge in [-0.15, -0.1) is 0 Å². The molecule has 0 aliphatic heterocycles. The Kier molecular flexibility index (Phi) is 3.33. The molecule has 0 saturated carbocycles. The van der Waals surface area contributed by atoms with Gasteiger partial charge in [-0.1, -0.05) is 42.8 Å². The van der Waals surface area contributed by atoms with Crippen molar-refractivity contribution in [2.75, 3.05) is 0 Å². The van der Waals surface area contributed by atoms with Gasteiger partial charge < -0.3 is 4.42 Å². The normalized spacial score (nSPS) is 10.9. The third-order valence-corrected chi connectivity index (χ3v) is 3.63. The Balaban J connectivity index is 2.06. The quantitative estimate of drug-likeness (QED) is 0.642. The van der Waals surface area contributed by atoms with Crippen LogP contribution in [0.5, 0.6) is 0 Å². The molecule has 0 atom stereocenters. The SMILES string of the molecule is CCc1cc2ccc(C(=O)c3ccccc3Cl)cc2o1. The van der Waals surface area contributed by atoms with Crippen molar-refractivity contribution < 1.29 is 9.21 Å². The topological polar surface area (TPSA) is 30.2 Å². The summed E-state index contributed by atoms with van der Waals surface area (Å²) in [5.41, 5.74) is 1.83. The molecule has 0 aliphatic carbocycles. The smallest absolute Gasteiger partial charge is 0.194 e. The molecule has 3 heteroatoms. The Bertz CT molecular complexity index is 787. The second-order valence-electron chi connectivity index (χ2n) is 4.63. The van der Waals surface area contributed by atoms with Crippen molar-refractivity contribution in [3.8, 4) is 0 Å². The van der Waals surface area contributed by atoms with Gasteiger partial charge in [0.1, 0.15) is 11.3 Å². The van der Waals surface area contributed by atoms with Gasteiger partial charge in [-0.05, 0) is 24.3 Å². The molecule has 2 nitrogen and oxygen atoms in total. The number of halogens is 1. The number of hydrogen-bond acceptors (Lipinski definition) is 2. The van der Waals surface area contributed by atoms with Crippen LogP contribution in [0.15, 0.2) is 52.9 Å². The average molecular weight is 285 g/mol. The lowest BCUT2D eigenvalue weighted by molar-refractivity contribution is 0.103. The van der Waals surface area contributed by atoms with E-state index in [0.717, 1.165) is 23.2 Å². The molecular weight excluding hydrogens is 272 g/mol. The number of furan rings is 1. The number of carbonyl (C=O) groups excluding carboxylic acids is 1. The number of aryl methyl sites for hydroxylation is 1. The van der Waals surface area contributed by atoms with Crippen molar-refractivity contribution in [2.45, 2.75) is 13.3 Å². The van der Waals surface area contributed by atoms with Crippen LogP contribution in [0.3, 0.4) is 0 Å². The molecule has 1 aromatic heterocycles. The van der Waals surface area contributed by atoms with E-state index in [1.807, 2.05) is 31.2 Å². The van der Waals surface area contributed by atoms with E-state index >= 15 is 0 Å². The molecule has 2 aromatic carbocycles. The first-order valence-corrected chi connectivity index (χ1v) is 6.88. The van der Waals surface area contributed by atoms with E-state index < -0.39 is 0 Å². The first-order valence-electron chi connectivity index (χ1n) is 6.50. The van der Waals surface area contributed by atoms with Crippen molar-refractivity contribution in [2.24, 2.45) is 0 Å². The highest BCUT2D eigenvalue weighted by Gasteiger charge is 2.13. The van der Waals surface area contributed by atoms with E-state index in [-0.39, 0.29) is 5.78 Å². The van der Waals surface area contributed by atoms with Gasteiger partial charge in [-0.2, -0.15) is 0 Å². The van der Waals surface area contributed by atoms with E-state index in [4.69, 9.17) is 16.0 Å². The van der Waals surface area contributed by atoms with Crippen LogP contribution >= 0.6 is 11.6 Å². The molecule has 0 bridgehead atoms. The van der Waals surface area contributed by atoms with Crippen LogP contribution in [0.2, 0.25) is 5.02 Å². The molecule has 0 aliphatic rings. The minimum atomic E-state index is -0.0908. The maximum Gasteiger partial charge on any atom is 0.194 e. The van der Waals surface area contributed by atoms with E-state index in [1.54, 1.807) is 24.3 Å². The van der Waals surface area contributed by atoms with Gasteiger partial charge in [0.05, 0.1) is 5.02 Å². The van der Waals surface area contributed by atoms with Gasteiger partial charge in [0.25, 0.3) is 0 Å². The fourth-order valence-corrected chi connectivity index (χ4v) is 2.42. The molecule has 100 valence electrons. The fraction of sp³-hybridized carbons (Fsp3) is 0.118. The zero-order valence-electron chi connectivity index (χ0n) is 11.0. The third kappa shape index (κ3) is 2.23. The number of fused-ring (bicyclic) bond motifs is 1. The monoisotopic (exact) mass is 284 g/mol. The summed E-state index contributed by atoms with van der Waals surface area (Å²) in [5.74, 6) is 0.828. The van der Waals surface area contributed by atoms with Crippen LogP contribution in [0, 0.1) is 0 Å². The number of carbonyl (C=O) groups is 1. The van der Waals surface area contributed by atoms with Gasteiger partial charge in [-0.3, -0.25) is 4.79 Å². The molecule has 3 rings (SSSR count). The standard InChI is InChI=1S/C17H13ClO2/c1-2-13-9-11-7-8-12(10-16(11)20-13)17(19)14-5-3-4-6-15(14)18/h3-10H,2H2,1H3. The number of rotatable bonds is 3. The van der Waals surface area contributed by atoms with Crippen LogP contribution < -0.4 is 0 Å². The van der Waals surface area contributed by atoms with Gasteiger partial charge in [0, 0.05) is 22.9 Å². The molecular formula is C17H13ClO2. The summed E-state index contributed by atoms with van der Waals surface area (Å²) in [7, 11) is 0. The Morgan fingerprint density at radius 1 is 1.15 bits per heavy atom. The summed E-state index contributed by atoms with van der Waals surface area (Å²) in [5, 5.41) is 1.48. The van der Waals surface area contributed by atoms with E-state index in [9.17, 15) is 4.79 Å². The second-order valence-corrected chi connectivity index (χ2v) is 5.04. The van der Waals surface area contributed by atoms with E-state index in [2.05, 4.69) is 0 Å². The lowest BCUT2D eigenvalue weighted by Gasteiger charge is -2.03. The second kappa shape index (κ2) is 5.14. The Labute approximate surface area is 122 Å². The number of ketones is 1. The largest absolute Gasteiger partial charge is 0.461 e. The van der Waals surface area contributed by atoms with Crippen LogP contribution in [-0.4, -0.2) is 5.78 Å². The van der Waals surface area contributed by atoms with Gasteiger partial charge in [0.15, 0.2) is 5.78 Å². The summed E-state index contributed by atoms with van der Waals surface area (Å²) in [6, 6.07) is 14.6. The minimum Gasteiger partial charge on any atom is -0.461 e. The zero-order valence-corrected chi connectivity index (χ0v) is 11.8. The van der Waals surface area contributed by atoms with Crippen molar-refractivity contribution in [1.82, 2.24) is 0 Å². The number of hydrogen-bond donors (Lipinski definition) is 0. The molecule has 0 unspecified atom stereocenters. The first-order chi connectivity index (χ1) is 9.69. The van der Waals surface area contributed by atoms with Crippen LogP contribution in [0.4, 0.5) is 0 Å². The molecule has 0 saturated heterocycles. The molecule has 1 heterocycles. The summed E-state index contributed by atoms with van der Waals surface area (Å²) in [4.78, 5) is 12.5. The van der Waals surface area contributed by atoms with Crippen LogP contribution in [0.1, 0.15) is 28.6 Å². The Morgan fingerprint density at radius 2 is 1.95 bits per heavy atom. The molecule has 0 spiro atoms. The van der Waals surface area contributed by atoms with Gasteiger partial charge >= 0.3 is 0 Å². The van der Waals surface area contributed by atoms with Crippen molar-refractivity contribution in [3.05, 3.63) is 70.4 Å². The van der Waals surface area contributed by atoms with E-state index in [0.29, 0.717) is 16.1 Å². The van der Waals surface area contributed by atoms with Crippen LogP contribution in [0.25, 0.3) is 11.0 Å². The molecule has 0 radical (unpaired) electrons. The summed E-state index contributed by atoms with van der Waals surface area (Å²) in [6.07, 6.45) is 0.836. The number of benzene rings is 2. The summed E-state index contributed by atoms with van der Waals surface area (Å²) in [6.45, 7) is 2.04. The average Bonchev–Trinajstić information content (AvgIpc) is 2.89. The van der Waals surface area contributed by atoms with Gasteiger partial charge in [-0.25, -0.2) is 0 Å². The zero-order chi connectivity index (χ0) is 14.1. The summed E-state index contributed by atoms with van der Waals surface area (Å²) < 4.78 is 5.69. The van der Waals surface area contributed by atoms with Crippen molar-refractivity contribution in [3.63, 3.8) is 0 Å². The molecule has 0 amide bonds. The lowest BCUT2D eigenvalue weighted by Crippen LogP contribution is -2.01. The molecule has 0 N–H and O–H groups in total. The maximum absolute atomic E-state index is 12.5. The highest BCUT2D eigenvalue weighted by Crippen LogP contribution is 2.24. The Hall–Kier alpha value is -2.06. The predicted octanol–water partition coefficient (Wildman–Crippen LogP) is 4.88. The highest BCUT2D eigenvalue weighted by atomic mass is 35.5. The lowest BCUT2D eigenvalue weighted by atomic mass is 10.0. The van der Waals surface area contributed by atoms with E-state index in [1.165, 1.54) is 0 Å². The minimum absolute atomic E-state index is 0.0908. The maximum atomic E-state index is 12.5. The molecule has 3 aromatic rings. The molecule has 20 heavy (non-hydrogen) atoms. The van der Waals surface area contributed by atoms with Crippen LogP contribution in [-0.2, 0) is 6.42 Å². The fourth-order valence-electron chi connectivity index (χ4n) is 2.20. The summed E-state index contributed by atoms with van der Waals surface area (Å²) >= 11 is 6.07. The Morgan fingerprint density at radius 3 is 2.70 bits per heavy atom. The highest BCUT2D eigenvalue weighted by molar-refractivity contribution is 6.35. The first kappa shape index (κ1) is 12.9. The third-order valence-electron chi connectivity index (χ3n) is 3.30. The molecule has 0 fully saturated rings. The van der Waals surface area contributed by atoms with Crippen molar-refractivity contribution in [1.29, 1.82) is 0 Å².